The molecule has 0 saturated carbocycles. The quantitative estimate of drug-likeness (QED) is 0.312. The van der Waals surface area contributed by atoms with Gasteiger partial charge in [-0.1, -0.05) is 23.7 Å². The number of rotatable bonds is 5. The van der Waals surface area contributed by atoms with Crippen LogP contribution >= 0.6 is 23.2 Å². The summed E-state index contributed by atoms with van der Waals surface area (Å²) in [6, 6.07) is 1.69. The van der Waals surface area contributed by atoms with Gasteiger partial charge in [-0.15, -0.1) is 0 Å². The highest BCUT2D eigenvalue weighted by Crippen LogP contribution is 2.43. The standard InChI is InChI=1S/C18H17Cl2N5O6/c1-4-9-5-10(24-31-9)12-13(28-7(2)26)14(29-8(3)27)17(30-12)25-6-21-11-15(19)22-18(20)23-16(11)25/h5-6,12-14,17H,4H2,1-3H3. The van der Waals surface area contributed by atoms with Crippen LogP contribution in [0.4, 0.5) is 0 Å². The zero-order chi connectivity index (χ0) is 22.3. The lowest BCUT2D eigenvalue weighted by atomic mass is 10.1. The zero-order valence-corrected chi connectivity index (χ0v) is 18.1. The van der Waals surface area contributed by atoms with E-state index in [1.165, 1.54) is 24.7 Å². The van der Waals surface area contributed by atoms with E-state index in [0.717, 1.165) is 0 Å². The third kappa shape index (κ3) is 4.08. The summed E-state index contributed by atoms with van der Waals surface area (Å²) in [4.78, 5) is 35.9. The Morgan fingerprint density at radius 1 is 1.16 bits per heavy atom. The second-order valence-electron chi connectivity index (χ2n) is 6.77. The molecule has 1 aliphatic heterocycles. The van der Waals surface area contributed by atoms with E-state index in [4.69, 9.17) is 41.9 Å². The molecule has 1 saturated heterocycles. The average Bonchev–Trinajstić information content (AvgIpc) is 3.39. The number of carbonyl (C=O) groups excluding carboxylic acids is 2. The second-order valence-corrected chi connectivity index (χ2v) is 7.47. The first-order valence-corrected chi connectivity index (χ1v) is 10.0. The molecule has 3 aromatic rings. The molecular weight excluding hydrogens is 453 g/mol. The number of halogens is 2. The van der Waals surface area contributed by atoms with Crippen molar-refractivity contribution in [1.82, 2.24) is 24.7 Å². The monoisotopic (exact) mass is 469 g/mol. The minimum absolute atomic E-state index is 0.0490. The van der Waals surface area contributed by atoms with Crippen LogP contribution < -0.4 is 0 Å². The van der Waals surface area contributed by atoms with Gasteiger partial charge >= 0.3 is 11.9 Å². The molecule has 1 aliphatic rings. The Morgan fingerprint density at radius 2 is 1.87 bits per heavy atom. The van der Waals surface area contributed by atoms with Crippen molar-refractivity contribution in [3.63, 3.8) is 0 Å². The van der Waals surface area contributed by atoms with Gasteiger partial charge in [0, 0.05) is 26.3 Å². The molecule has 4 unspecified atom stereocenters. The van der Waals surface area contributed by atoms with E-state index in [0.29, 0.717) is 17.9 Å². The van der Waals surface area contributed by atoms with Gasteiger partial charge in [0.1, 0.15) is 23.1 Å². The summed E-state index contributed by atoms with van der Waals surface area (Å²) >= 11 is 12.1. The van der Waals surface area contributed by atoms with Crippen molar-refractivity contribution in [2.24, 2.45) is 0 Å². The van der Waals surface area contributed by atoms with Gasteiger partial charge in [-0.2, -0.15) is 4.98 Å². The van der Waals surface area contributed by atoms with Gasteiger partial charge in [-0.25, -0.2) is 9.97 Å². The molecule has 164 valence electrons. The third-order valence-electron chi connectivity index (χ3n) is 4.64. The lowest BCUT2D eigenvalue weighted by molar-refractivity contribution is -0.165. The predicted octanol–water partition coefficient (Wildman–Crippen LogP) is 2.82. The van der Waals surface area contributed by atoms with Crippen LogP contribution in [0.15, 0.2) is 16.9 Å². The van der Waals surface area contributed by atoms with Crippen LogP contribution in [0.2, 0.25) is 10.4 Å². The summed E-state index contributed by atoms with van der Waals surface area (Å²) in [6.45, 7) is 4.38. The number of esters is 2. The smallest absolute Gasteiger partial charge is 0.303 e. The summed E-state index contributed by atoms with van der Waals surface area (Å²) in [5, 5.41) is 3.97. The molecule has 0 aromatic carbocycles. The number of hydrogen-bond donors (Lipinski definition) is 0. The van der Waals surface area contributed by atoms with Crippen molar-refractivity contribution in [3.05, 3.63) is 34.3 Å². The van der Waals surface area contributed by atoms with Crippen LogP contribution in [0.1, 0.15) is 44.6 Å². The fourth-order valence-corrected chi connectivity index (χ4v) is 3.83. The summed E-state index contributed by atoms with van der Waals surface area (Å²) < 4.78 is 23.9. The number of nitrogens with zero attached hydrogens (tertiary/aromatic N) is 5. The molecule has 0 N–H and O–H groups in total. The Kier molecular flexibility index (Phi) is 5.82. The number of carbonyl (C=O) groups is 2. The highest BCUT2D eigenvalue weighted by molar-refractivity contribution is 6.35. The van der Waals surface area contributed by atoms with Crippen LogP contribution in [0.5, 0.6) is 0 Å². The molecule has 0 bridgehead atoms. The largest absolute Gasteiger partial charge is 0.455 e. The Hall–Kier alpha value is -2.76. The highest BCUT2D eigenvalue weighted by Gasteiger charge is 2.52. The van der Waals surface area contributed by atoms with Gasteiger partial charge < -0.3 is 18.7 Å². The highest BCUT2D eigenvalue weighted by atomic mass is 35.5. The van der Waals surface area contributed by atoms with E-state index in [-0.39, 0.29) is 21.6 Å². The second kappa shape index (κ2) is 8.40. The Morgan fingerprint density at radius 3 is 2.52 bits per heavy atom. The number of fused-ring (bicyclic) bond motifs is 1. The van der Waals surface area contributed by atoms with Crippen LogP contribution in [0, 0.1) is 0 Å². The maximum Gasteiger partial charge on any atom is 0.303 e. The summed E-state index contributed by atoms with van der Waals surface area (Å²) in [5.74, 6) is -0.563. The fourth-order valence-electron chi connectivity index (χ4n) is 3.41. The first-order valence-electron chi connectivity index (χ1n) is 9.29. The van der Waals surface area contributed by atoms with E-state index in [9.17, 15) is 9.59 Å². The van der Waals surface area contributed by atoms with Gasteiger partial charge in [0.2, 0.25) is 5.28 Å². The van der Waals surface area contributed by atoms with Crippen LogP contribution in [-0.2, 0) is 30.2 Å². The normalized spacial score (nSPS) is 23.3. The molecule has 4 rings (SSSR count). The van der Waals surface area contributed by atoms with Gasteiger partial charge in [-0.3, -0.25) is 14.2 Å². The van der Waals surface area contributed by atoms with Gasteiger partial charge in [0.15, 0.2) is 29.2 Å². The van der Waals surface area contributed by atoms with Crippen molar-refractivity contribution in [3.8, 4) is 0 Å². The van der Waals surface area contributed by atoms with Crippen LogP contribution in [0.3, 0.4) is 0 Å². The van der Waals surface area contributed by atoms with E-state index < -0.39 is 36.5 Å². The lowest BCUT2D eigenvalue weighted by Crippen LogP contribution is -2.36. The zero-order valence-electron chi connectivity index (χ0n) is 16.6. The molecular formula is C18H17Cl2N5O6. The van der Waals surface area contributed by atoms with Crippen molar-refractivity contribution in [2.75, 3.05) is 0 Å². The molecule has 13 heteroatoms. The number of aromatic nitrogens is 5. The molecule has 0 aliphatic carbocycles. The lowest BCUT2D eigenvalue weighted by Gasteiger charge is -2.23. The number of imidazole rings is 1. The van der Waals surface area contributed by atoms with Crippen LogP contribution in [0.25, 0.3) is 11.2 Å². The van der Waals surface area contributed by atoms with Crippen molar-refractivity contribution in [1.29, 1.82) is 0 Å². The van der Waals surface area contributed by atoms with E-state index in [1.54, 1.807) is 6.07 Å². The Bertz CT molecular complexity index is 1150. The van der Waals surface area contributed by atoms with Gasteiger partial charge in [-0.05, 0) is 11.6 Å². The molecule has 4 atom stereocenters. The minimum Gasteiger partial charge on any atom is -0.455 e. The average molecular weight is 470 g/mol. The molecule has 1 fully saturated rings. The summed E-state index contributed by atoms with van der Waals surface area (Å²) in [6.07, 6.45) is -1.91. The molecule has 0 spiro atoms. The third-order valence-corrected chi connectivity index (χ3v) is 5.07. The van der Waals surface area contributed by atoms with E-state index >= 15 is 0 Å². The molecule has 3 aromatic heterocycles. The minimum atomic E-state index is -1.04. The molecule has 4 heterocycles. The number of hydrogen-bond acceptors (Lipinski definition) is 10. The topological polar surface area (TPSA) is 131 Å². The number of aryl methyl sites for hydroxylation is 1. The van der Waals surface area contributed by atoms with E-state index in [2.05, 4.69) is 20.1 Å². The molecule has 11 nitrogen and oxygen atoms in total. The maximum atomic E-state index is 11.9. The maximum absolute atomic E-state index is 11.9. The predicted molar refractivity (Wildman–Crippen MR) is 105 cm³/mol. The molecule has 0 amide bonds. The molecule has 31 heavy (non-hydrogen) atoms. The van der Waals surface area contributed by atoms with Crippen LogP contribution in [-0.4, -0.2) is 48.8 Å². The van der Waals surface area contributed by atoms with Crippen molar-refractivity contribution < 1.29 is 28.3 Å². The van der Waals surface area contributed by atoms with Crippen molar-refractivity contribution in [2.45, 2.75) is 51.7 Å². The summed E-state index contributed by atoms with van der Waals surface area (Å²) in [7, 11) is 0. The Balaban J connectivity index is 1.82. The first-order chi connectivity index (χ1) is 14.8. The van der Waals surface area contributed by atoms with Gasteiger partial charge in [0.25, 0.3) is 0 Å². The molecule has 0 radical (unpaired) electrons. The SMILES string of the molecule is CCc1cc(C2OC(n3cnc4c(Cl)nc(Cl)nc43)C(OC(C)=O)C2OC(C)=O)no1. The fraction of sp³-hybridized carbons (Fsp3) is 0.444. The van der Waals surface area contributed by atoms with Gasteiger partial charge in [0.05, 0.1) is 6.33 Å². The first kappa shape index (κ1) is 21.5. The summed E-state index contributed by atoms with van der Waals surface area (Å²) in [5.41, 5.74) is 0.917. The van der Waals surface area contributed by atoms with E-state index in [1.807, 2.05) is 6.92 Å². The Labute approximate surface area is 185 Å². The van der Waals surface area contributed by atoms with Crippen molar-refractivity contribution >= 4 is 46.3 Å². The number of ether oxygens (including phenoxy) is 3.